The smallest absolute Gasteiger partial charge is 0.00136 e. The summed E-state index contributed by atoms with van der Waals surface area (Å²) in [6.07, 6.45) is 3.29. The lowest BCUT2D eigenvalue weighted by molar-refractivity contribution is 0.666. The lowest BCUT2D eigenvalue weighted by Crippen LogP contribution is -2.15. The summed E-state index contributed by atoms with van der Waals surface area (Å²) in [6, 6.07) is 9.14. The summed E-state index contributed by atoms with van der Waals surface area (Å²) < 4.78 is 0. The standard InChI is InChI=1S/C12H19N/c1-3-11-6-8-12(9-7-11)5-4-10(2)13/h6-10H,3-5,13H2,1-2H3/t10-/m0/s1. The Bertz CT molecular complexity index is 236. The highest BCUT2D eigenvalue weighted by atomic mass is 14.6. The third kappa shape index (κ3) is 3.60. The molecule has 13 heavy (non-hydrogen) atoms. The molecule has 1 aromatic rings. The molecule has 1 nitrogen and oxygen atoms in total. The maximum atomic E-state index is 5.70. The first-order valence-electron chi connectivity index (χ1n) is 5.05. The second kappa shape index (κ2) is 5.03. The molecule has 0 heterocycles. The van der Waals surface area contributed by atoms with Crippen LogP contribution in [0.1, 0.15) is 31.4 Å². The zero-order chi connectivity index (χ0) is 9.68. The van der Waals surface area contributed by atoms with Crippen LogP contribution in [-0.4, -0.2) is 6.04 Å². The molecule has 0 spiro atoms. The van der Waals surface area contributed by atoms with Gasteiger partial charge in [-0.1, -0.05) is 31.2 Å². The Morgan fingerprint density at radius 1 is 1.15 bits per heavy atom. The van der Waals surface area contributed by atoms with Gasteiger partial charge in [0.1, 0.15) is 0 Å². The Balaban J connectivity index is 2.49. The fourth-order valence-corrected chi connectivity index (χ4v) is 1.34. The van der Waals surface area contributed by atoms with E-state index in [0.29, 0.717) is 6.04 Å². The van der Waals surface area contributed by atoms with Crippen molar-refractivity contribution in [2.24, 2.45) is 5.73 Å². The molecule has 0 aliphatic heterocycles. The Kier molecular flexibility index (Phi) is 3.97. The number of aryl methyl sites for hydroxylation is 2. The Hall–Kier alpha value is -0.820. The molecule has 0 amide bonds. The molecule has 1 atom stereocenters. The van der Waals surface area contributed by atoms with Gasteiger partial charge in [-0.2, -0.15) is 0 Å². The molecule has 1 aromatic carbocycles. The predicted molar refractivity (Wildman–Crippen MR) is 57.8 cm³/mol. The van der Waals surface area contributed by atoms with Crippen LogP contribution >= 0.6 is 0 Å². The van der Waals surface area contributed by atoms with E-state index >= 15 is 0 Å². The molecule has 1 heteroatoms. The van der Waals surface area contributed by atoms with Gasteiger partial charge in [-0.25, -0.2) is 0 Å². The van der Waals surface area contributed by atoms with Crippen molar-refractivity contribution in [1.29, 1.82) is 0 Å². The molecule has 0 aromatic heterocycles. The lowest BCUT2D eigenvalue weighted by Gasteiger charge is -2.05. The lowest BCUT2D eigenvalue weighted by atomic mass is 10.0. The van der Waals surface area contributed by atoms with Crippen molar-refractivity contribution in [2.75, 3.05) is 0 Å². The molecular formula is C12H19N. The van der Waals surface area contributed by atoms with Crippen LogP contribution in [0.2, 0.25) is 0 Å². The molecule has 0 saturated heterocycles. The number of hydrogen-bond acceptors (Lipinski definition) is 1. The first-order valence-corrected chi connectivity index (χ1v) is 5.05. The van der Waals surface area contributed by atoms with E-state index in [1.54, 1.807) is 0 Å². The monoisotopic (exact) mass is 177 g/mol. The predicted octanol–water partition coefficient (Wildman–Crippen LogP) is 2.53. The largest absolute Gasteiger partial charge is 0.328 e. The van der Waals surface area contributed by atoms with Gasteiger partial charge in [-0.3, -0.25) is 0 Å². The zero-order valence-electron chi connectivity index (χ0n) is 8.59. The van der Waals surface area contributed by atoms with Crippen molar-refractivity contribution < 1.29 is 0 Å². The zero-order valence-corrected chi connectivity index (χ0v) is 8.59. The minimum Gasteiger partial charge on any atom is -0.328 e. The molecule has 72 valence electrons. The maximum Gasteiger partial charge on any atom is 0.00136 e. The highest BCUT2D eigenvalue weighted by Crippen LogP contribution is 2.07. The minimum absolute atomic E-state index is 0.311. The number of benzene rings is 1. The van der Waals surface area contributed by atoms with Crippen LogP contribution in [-0.2, 0) is 12.8 Å². The van der Waals surface area contributed by atoms with E-state index in [2.05, 4.69) is 38.1 Å². The van der Waals surface area contributed by atoms with Crippen molar-refractivity contribution in [2.45, 2.75) is 39.2 Å². The van der Waals surface area contributed by atoms with E-state index < -0.39 is 0 Å². The fraction of sp³-hybridized carbons (Fsp3) is 0.500. The molecule has 2 N–H and O–H groups in total. The van der Waals surface area contributed by atoms with Gasteiger partial charge < -0.3 is 5.73 Å². The SMILES string of the molecule is CCc1ccc(CC[C@H](C)N)cc1. The molecule has 0 fully saturated rings. The van der Waals surface area contributed by atoms with E-state index in [1.807, 2.05) is 0 Å². The average molecular weight is 177 g/mol. The van der Waals surface area contributed by atoms with E-state index in [0.717, 1.165) is 19.3 Å². The van der Waals surface area contributed by atoms with Crippen molar-refractivity contribution in [3.63, 3.8) is 0 Å². The summed E-state index contributed by atoms with van der Waals surface area (Å²) in [5, 5.41) is 0. The summed E-state index contributed by atoms with van der Waals surface area (Å²) >= 11 is 0. The Morgan fingerprint density at radius 3 is 2.15 bits per heavy atom. The van der Waals surface area contributed by atoms with Gasteiger partial charge in [0.15, 0.2) is 0 Å². The Labute approximate surface area is 81.0 Å². The fourth-order valence-electron chi connectivity index (χ4n) is 1.34. The van der Waals surface area contributed by atoms with Gasteiger partial charge >= 0.3 is 0 Å². The van der Waals surface area contributed by atoms with Crippen molar-refractivity contribution in [3.8, 4) is 0 Å². The second-order valence-corrected chi connectivity index (χ2v) is 3.69. The van der Waals surface area contributed by atoms with E-state index in [1.165, 1.54) is 11.1 Å². The van der Waals surface area contributed by atoms with Gasteiger partial charge in [0.05, 0.1) is 0 Å². The van der Waals surface area contributed by atoms with Crippen molar-refractivity contribution >= 4 is 0 Å². The summed E-state index contributed by atoms with van der Waals surface area (Å²) in [4.78, 5) is 0. The Morgan fingerprint density at radius 2 is 1.69 bits per heavy atom. The molecule has 0 radical (unpaired) electrons. The number of nitrogens with two attached hydrogens (primary N) is 1. The quantitative estimate of drug-likeness (QED) is 0.751. The molecule has 0 aliphatic carbocycles. The van der Waals surface area contributed by atoms with Crippen LogP contribution in [0.3, 0.4) is 0 Å². The molecule has 0 bridgehead atoms. The van der Waals surface area contributed by atoms with Crippen LogP contribution in [0.15, 0.2) is 24.3 Å². The van der Waals surface area contributed by atoms with E-state index in [9.17, 15) is 0 Å². The van der Waals surface area contributed by atoms with Gasteiger partial charge in [0.25, 0.3) is 0 Å². The van der Waals surface area contributed by atoms with Gasteiger partial charge in [0.2, 0.25) is 0 Å². The highest BCUT2D eigenvalue weighted by Gasteiger charge is 1.96. The molecule has 0 unspecified atom stereocenters. The summed E-state index contributed by atoms with van der Waals surface area (Å²) in [7, 11) is 0. The highest BCUT2D eigenvalue weighted by molar-refractivity contribution is 5.22. The van der Waals surface area contributed by atoms with Crippen LogP contribution < -0.4 is 5.73 Å². The van der Waals surface area contributed by atoms with Crippen LogP contribution in [0, 0.1) is 0 Å². The first-order chi connectivity index (χ1) is 6.22. The minimum atomic E-state index is 0.311. The topological polar surface area (TPSA) is 26.0 Å². The van der Waals surface area contributed by atoms with E-state index in [-0.39, 0.29) is 0 Å². The number of hydrogen-bond donors (Lipinski definition) is 1. The summed E-state index contributed by atoms with van der Waals surface area (Å²) in [5.41, 5.74) is 8.50. The average Bonchev–Trinajstić information content (AvgIpc) is 2.15. The first kappa shape index (κ1) is 10.3. The maximum absolute atomic E-state index is 5.70. The van der Waals surface area contributed by atoms with E-state index in [4.69, 9.17) is 5.73 Å². The van der Waals surface area contributed by atoms with Crippen LogP contribution in [0.25, 0.3) is 0 Å². The molecular weight excluding hydrogens is 158 g/mol. The summed E-state index contributed by atoms with van der Waals surface area (Å²) in [6.45, 7) is 4.23. The summed E-state index contributed by atoms with van der Waals surface area (Å²) in [5.74, 6) is 0. The van der Waals surface area contributed by atoms with Crippen LogP contribution in [0.4, 0.5) is 0 Å². The third-order valence-electron chi connectivity index (χ3n) is 2.32. The third-order valence-corrected chi connectivity index (χ3v) is 2.32. The molecule has 1 rings (SSSR count). The van der Waals surface area contributed by atoms with Gasteiger partial charge in [-0.15, -0.1) is 0 Å². The normalized spacial score (nSPS) is 12.8. The number of rotatable bonds is 4. The van der Waals surface area contributed by atoms with Crippen molar-refractivity contribution in [3.05, 3.63) is 35.4 Å². The molecule has 0 aliphatic rings. The van der Waals surface area contributed by atoms with Gasteiger partial charge in [-0.05, 0) is 37.3 Å². The second-order valence-electron chi connectivity index (χ2n) is 3.69. The van der Waals surface area contributed by atoms with Gasteiger partial charge in [0, 0.05) is 6.04 Å². The van der Waals surface area contributed by atoms with Crippen molar-refractivity contribution in [1.82, 2.24) is 0 Å². The molecule has 0 saturated carbocycles. The van der Waals surface area contributed by atoms with Crippen LogP contribution in [0.5, 0.6) is 0 Å².